The van der Waals surface area contributed by atoms with Gasteiger partial charge in [-0.2, -0.15) is 0 Å². The summed E-state index contributed by atoms with van der Waals surface area (Å²) in [6.07, 6.45) is 10.3. The Labute approximate surface area is 85.5 Å². The van der Waals surface area contributed by atoms with Crippen molar-refractivity contribution < 1.29 is 4.90 Å². The van der Waals surface area contributed by atoms with Crippen LogP contribution in [0.4, 0.5) is 0 Å². The van der Waals surface area contributed by atoms with Crippen LogP contribution in [0.15, 0.2) is 41.8 Å². The van der Waals surface area contributed by atoms with E-state index in [1.54, 1.807) is 4.90 Å². The van der Waals surface area contributed by atoms with E-state index >= 15 is 0 Å². The molecule has 2 nitrogen and oxygen atoms in total. The monoisotopic (exact) mass is 189 g/mol. The number of allylic oxidation sites excluding steroid dienone is 4. The minimum Gasteiger partial charge on any atom is -0.360 e. The van der Waals surface area contributed by atoms with Crippen molar-refractivity contribution in [1.82, 2.24) is 4.90 Å². The maximum atomic E-state index is 3.15. The molecule has 0 aromatic heterocycles. The van der Waals surface area contributed by atoms with E-state index in [0.29, 0.717) is 0 Å². The maximum Gasteiger partial charge on any atom is 0.0947 e. The van der Waals surface area contributed by atoms with Crippen LogP contribution in [0.5, 0.6) is 0 Å². The van der Waals surface area contributed by atoms with Crippen molar-refractivity contribution in [2.75, 3.05) is 33.2 Å². The van der Waals surface area contributed by atoms with E-state index in [1.165, 1.54) is 18.8 Å². The molecule has 0 amide bonds. The Balaban J connectivity index is 2.05. The second-order valence-electron chi connectivity index (χ2n) is 3.90. The summed E-state index contributed by atoms with van der Waals surface area (Å²) in [6, 6.07) is 0. The number of nitrogens with zero attached hydrogens (tertiary/aromatic N) is 1. The molecule has 74 valence electrons. The fourth-order valence-electron chi connectivity index (χ4n) is 1.79. The van der Waals surface area contributed by atoms with E-state index in [1.807, 2.05) is 12.2 Å². The van der Waals surface area contributed by atoms with Crippen molar-refractivity contribution in [3.63, 3.8) is 0 Å². The first kappa shape index (κ1) is 9.32. The summed E-state index contributed by atoms with van der Waals surface area (Å²) >= 11 is 0. The lowest BCUT2D eigenvalue weighted by atomic mass is 10.2. The van der Waals surface area contributed by atoms with Gasteiger partial charge >= 0.3 is 0 Å². The fourth-order valence-corrected chi connectivity index (χ4v) is 1.79. The maximum absolute atomic E-state index is 3.15. The second kappa shape index (κ2) is 4.32. The highest BCUT2D eigenvalue weighted by atomic mass is 15.2. The molecule has 0 bridgehead atoms. The van der Waals surface area contributed by atoms with Crippen LogP contribution >= 0.6 is 0 Å². The fraction of sp³-hybridized carbons (Fsp3) is 0.417. The van der Waals surface area contributed by atoms with Gasteiger partial charge in [0.25, 0.3) is 0 Å². The number of nitrogens with one attached hydrogen (secondary N) is 1. The number of rotatable bonds is 1. The van der Waals surface area contributed by atoms with Gasteiger partial charge in [0.15, 0.2) is 0 Å². The summed E-state index contributed by atoms with van der Waals surface area (Å²) in [5.41, 5.74) is 4.45. The molecule has 1 fully saturated rings. The third-order valence-electron chi connectivity index (χ3n) is 2.78. The molecule has 1 heterocycles. The highest BCUT2D eigenvalue weighted by molar-refractivity contribution is 5.28. The lowest BCUT2D eigenvalue weighted by Crippen LogP contribution is -3.11. The van der Waals surface area contributed by atoms with Gasteiger partial charge in [-0.05, 0) is 12.2 Å². The predicted octanol–water partition coefficient (Wildman–Crippen LogP) is -0.0183. The normalized spacial score (nSPS) is 22.4. The summed E-state index contributed by atoms with van der Waals surface area (Å²) in [6.45, 7) is 4.78. The Kier molecular flexibility index (Phi) is 2.87. The van der Waals surface area contributed by atoms with Crippen molar-refractivity contribution in [3.05, 3.63) is 41.8 Å². The van der Waals surface area contributed by atoms with Gasteiger partial charge in [-0.25, -0.2) is 0 Å². The van der Waals surface area contributed by atoms with Crippen LogP contribution < -0.4 is 4.90 Å². The molecule has 0 unspecified atom stereocenters. The van der Waals surface area contributed by atoms with Crippen molar-refractivity contribution in [3.8, 4) is 0 Å². The number of hydrogen-bond acceptors (Lipinski definition) is 1. The Hall–Kier alpha value is -1.24. The van der Waals surface area contributed by atoms with E-state index in [0.717, 1.165) is 13.1 Å². The molecule has 2 aliphatic rings. The SMILES string of the molecule is C[NH+]1CCN(C2=CC=CC=C=C2)CC1. The average Bonchev–Trinajstić information content (AvgIpc) is 2.47. The van der Waals surface area contributed by atoms with Crippen LogP contribution in [0.3, 0.4) is 0 Å². The number of likely N-dealkylation sites (N-methyl/N-ethyl adjacent to an activating group) is 1. The van der Waals surface area contributed by atoms with Crippen molar-refractivity contribution in [2.45, 2.75) is 0 Å². The molecule has 2 rings (SSSR count). The largest absolute Gasteiger partial charge is 0.360 e. The lowest BCUT2D eigenvalue weighted by molar-refractivity contribution is -0.883. The van der Waals surface area contributed by atoms with E-state index in [-0.39, 0.29) is 0 Å². The third-order valence-corrected chi connectivity index (χ3v) is 2.78. The molecular formula is C12H17N2+. The second-order valence-corrected chi connectivity index (χ2v) is 3.90. The van der Waals surface area contributed by atoms with E-state index in [4.69, 9.17) is 0 Å². The number of piperazine rings is 1. The molecular weight excluding hydrogens is 172 g/mol. The molecule has 0 saturated carbocycles. The van der Waals surface area contributed by atoms with Gasteiger partial charge in [0, 0.05) is 11.8 Å². The molecule has 2 heteroatoms. The summed E-state index contributed by atoms with van der Waals surface area (Å²) in [4.78, 5) is 4.06. The van der Waals surface area contributed by atoms with E-state index in [9.17, 15) is 0 Å². The minimum atomic E-state index is 1.16. The van der Waals surface area contributed by atoms with Crippen molar-refractivity contribution in [2.24, 2.45) is 0 Å². The van der Waals surface area contributed by atoms with Crippen molar-refractivity contribution >= 4 is 0 Å². The summed E-state index contributed by atoms with van der Waals surface area (Å²) in [5.74, 6) is 0. The predicted molar refractivity (Wildman–Crippen MR) is 58.1 cm³/mol. The molecule has 1 aliphatic heterocycles. The van der Waals surface area contributed by atoms with Crippen LogP contribution in [0.1, 0.15) is 0 Å². The zero-order valence-electron chi connectivity index (χ0n) is 8.66. The Morgan fingerprint density at radius 1 is 1.29 bits per heavy atom. The molecule has 0 atom stereocenters. The van der Waals surface area contributed by atoms with Gasteiger partial charge in [-0.3, -0.25) is 0 Å². The van der Waals surface area contributed by atoms with Crippen molar-refractivity contribution in [1.29, 1.82) is 0 Å². The smallest absolute Gasteiger partial charge is 0.0947 e. The van der Waals surface area contributed by atoms with Gasteiger partial charge in [0.2, 0.25) is 0 Å². The molecule has 1 aliphatic carbocycles. The molecule has 0 aromatic carbocycles. The quantitative estimate of drug-likeness (QED) is 0.570. The standard InChI is InChI=1S/C12H16N2/c1-13-8-10-14(11-9-13)12-6-4-2-3-5-7-12/h2-4,6-7H,8-11H2,1H3/p+1. The summed E-state index contributed by atoms with van der Waals surface area (Å²) in [7, 11) is 2.26. The average molecular weight is 189 g/mol. The highest BCUT2D eigenvalue weighted by Crippen LogP contribution is 2.07. The lowest BCUT2D eigenvalue weighted by Gasteiger charge is -2.32. The first-order valence-corrected chi connectivity index (χ1v) is 5.22. The van der Waals surface area contributed by atoms with Gasteiger partial charge < -0.3 is 9.80 Å². The molecule has 1 saturated heterocycles. The zero-order chi connectivity index (χ0) is 9.80. The first-order valence-electron chi connectivity index (χ1n) is 5.22. The van der Waals surface area contributed by atoms with Gasteiger partial charge in [0.05, 0.1) is 33.2 Å². The number of hydrogen-bond donors (Lipinski definition) is 1. The number of quaternary nitrogens is 1. The van der Waals surface area contributed by atoms with Crippen LogP contribution in [0.2, 0.25) is 0 Å². The highest BCUT2D eigenvalue weighted by Gasteiger charge is 2.16. The molecule has 0 spiro atoms. The first-order chi connectivity index (χ1) is 6.86. The third kappa shape index (κ3) is 2.16. The molecule has 1 N–H and O–H groups in total. The van der Waals surface area contributed by atoms with E-state index < -0.39 is 0 Å². The molecule has 0 aromatic rings. The van der Waals surface area contributed by atoms with Crippen LogP contribution in [0.25, 0.3) is 0 Å². The zero-order valence-corrected chi connectivity index (χ0v) is 8.66. The van der Waals surface area contributed by atoms with Gasteiger partial charge in [0.1, 0.15) is 0 Å². The molecule has 14 heavy (non-hydrogen) atoms. The Morgan fingerprint density at radius 2 is 2.07 bits per heavy atom. The van der Waals surface area contributed by atoms with E-state index in [2.05, 4.69) is 35.9 Å². The topological polar surface area (TPSA) is 7.68 Å². The van der Waals surface area contributed by atoms with Gasteiger partial charge in [-0.1, -0.05) is 12.2 Å². The molecule has 0 radical (unpaired) electrons. The van der Waals surface area contributed by atoms with Crippen LogP contribution in [-0.2, 0) is 0 Å². The summed E-state index contributed by atoms with van der Waals surface area (Å²) < 4.78 is 0. The van der Waals surface area contributed by atoms with Crippen LogP contribution in [-0.4, -0.2) is 38.1 Å². The minimum absolute atomic E-state index is 1.16. The Bertz CT molecular complexity index is 311. The van der Waals surface area contributed by atoms with Gasteiger partial charge in [-0.15, -0.1) is 5.73 Å². The summed E-state index contributed by atoms with van der Waals surface area (Å²) in [5, 5.41) is 0. The Morgan fingerprint density at radius 3 is 2.86 bits per heavy atom. The van der Waals surface area contributed by atoms with Crippen LogP contribution in [0, 0.1) is 0 Å².